The second-order valence-corrected chi connectivity index (χ2v) is 6.35. The van der Waals surface area contributed by atoms with E-state index in [-0.39, 0.29) is 16.3 Å². The maximum absolute atomic E-state index is 12.1. The number of carbonyl (C=O) groups is 1. The highest BCUT2D eigenvalue weighted by Gasteiger charge is 2.16. The first-order valence-corrected chi connectivity index (χ1v) is 8.52. The molecule has 0 spiro atoms. The standard InChI is InChI=1S/C16H13ClN4O3S/c17-12-6-5-10(9-13(12)21(23)24)16(22)19-8-7-18-15-11-3-1-2-4-14(11)25-20-15/h1-6,9H,7-8H2,(H,18,20)(H,19,22). The highest BCUT2D eigenvalue weighted by molar-refractivity contribution is 7.13. The summed E-state index contributed by atoms with van der Waals surface area (Å²) in [5, 5.41) is 17.8. The molecule has 0 saturated carbocycles. The number of nitro groups is 1. The summed E-state index contributed by atoms with van der Waals surface area (Å²) < 4.78 is 5.42. The SMILES string of the molecule is O=C(NCCNc1nsc2ccccc12)c1ccc(Cl)c([N+](=O)[O-])c1. The molecule has 0 aliphatic rings. The van der Waals surface area contributed by atoms with E-state index in [0.717, 1.165) is 15.9 Å². The van der Waals surface area contributed by atoms with Gasteiger partial charge in [-0.25, -0.2) is 0 Å². The fourth-order valence-electron chi connectivity index (χ4n) is 2.27. The third-order valence-electron chi connectivity index (χ3n) is 3.49. The number of carbonyl (C=O) groups excluding carboxylic acids is 1. The van der Waals surface area contributed by atoms with Crippen LogP contribution in [0.25, 0.3) is 10.1 Å². The molecule has 7 nitrogen and oxygen atoms in total. The molecule has 2 N–H and O–H groups in total. The van der Waals surface area contributed by atoms with Crippen molar-refractivity contribution in [2.24, 2.45) is 0 Å². The Kier molecular flexibility index (Phi) is 5.11. The molecule has 0 atom stereocenters. The molecule has 2 aromatic carbocycles. The molecule has 3 rings (SSSR count). The Morgan fingerprint density at radius 1 is 1.24 bits per heavy atom. The number of anilines is 1. The highest BCUT2D eigenvalue weighted by Crippen LogP contribution is 2.26. The summed E-state index contributed by atoms with van der Waals surface area (Å²) in [6.45, 7) is 0.830. The van der Waals surface area contributed by atoms with Crippen molar-refractivity contribution in [3.8, 4) is 0 Å². The van der Waals surface area contributed by atoms with Crippen LogP contribution in [0.2, 0.25) is 5.02 Å². The minimum Gasteiger partial charge on any atom is -0.367 e. The zero-order valence-corrected chi connectivity index (χ0v) is 14.4. The minimum absolute atomic E-state index is 0.00127. The molecular weight excluding hydrogens is 364 g/mol. The maximum Gasteiger partial charge on any atom is 0.288 e. The van der Waals surface area contributed by atoms with E-state index in [0.29, 0.717) is 13.1 Å². The number of amides is 1. The van der Waals surface area contributed by atoms with Gasteiger partial charge in [0.1, 0.15) is 10.8 Å². The predicted octanol–water partition coefficient (Wildman–Crippen LogP) is 3.70. The number of benzene rings is 2. The Bertz CT molecular complexity index is 944. The van der Waals surface area contributed by atoms with E-state index in [4.69, 9.17) is 11.6 Å². The van der Waals surface area contributed by atoms with Crippen LogP contribution in [-0.4, -0.2) is 28.3 Å². The van der Waals surface area contributed by atoms with Crippen molar-refractivity contribution in [3.63, 3.8) is 0 Å². The van der Waals surface area contributed by atoms with Gasteiger partial charge in [-0.2, -0.15) is 4.37 Å². The van der Waals surface area contributed by atoms with Crippen molar-refractivity contribution in [1.82, 2.24) is 9.69 Å². The van der Waals surface area contributed by atoms with Gasteiger partial charge in [-0.15, -0.1) is 0 Å². The number of rotatable bonds is 6. The second-order valence-electron chi connectivity index (χ2n) is 5.13. The van der Waals surface area contributed by atoms with Crippen LogP contribution in [0.4, 0.5) is 11.5 Å². The maximum atomic E-state index is 12.1. The molecule has 1 amide bonds. The molecule has 0 aliphatic carbocycles. The summed E-state index contributed by atoms with van der Waals surface area (Å²) in [7, 11) is 0. The number of nitrogens with zero attached hydrogens (tertiary/aromatic N) is 2. The monoisotopic (exact) mass is 376 g/mol. The zero-order chi connectivity index (χ0) is 17.8. The van der Waals surface area contributed by atoms with Crippen LogP contribution >= 0.6 is 23.1 Å². The van der Waals surface area contributed by atoms with Crippen LogP contribution in [0.1, 0.15) is 10.4 Å². The lowest BCUT2D eigenvalue weighted by atomic mass is 10.2. The van der Waals surface area contributed by atoms with Crippen LogP contribution in [0.15, 0.2) is 42.5 Å². The van der Waals surface area contributed by atoms with Gasteiger partial charge in [0.25, 0.3) is 11.6 Å². The van der Waals surface area contributed by atoms with E-state index in [1.807, 2.05) is 24.3 Å². The van der Waals surface area contributed by atoms with E-state index in [9.17, 15) is 14.9 Å². The van der Waals surface area contributed by atoms with Crippen LogP contribution < -0.4 is 10.6 Å². The average Bonchev–Trinajstić information content (AvgIpc) is 3.02. The third kappa shape index (κ3) is 3.86. The van der Waals surface area contributed by atoms with E-state index < -0.39 is 10.8 Å². The first kappa shape index (κ1) is 17.1. The van der Waals surface area contributed by atoms with Gasteiger partial charge in [0.05, 0.1) is 9.62 Å². The lowest BCUT2D eigenvalue weighted by Crippen LogP contribution is -2.28. The summed E-state index contributed by atoms with van der Waals surface area (Å²) in [6, 6.07) is 11.8. The molecule has 0 bridgehead atoms. The number of fused-ring (bicyclic) bond motifs is 1. The molecule has 128 valence electrons. The predicted molar refractivity (Wildman–Crippen MR) is 98.5 cm³/mol. The van der Waals surface area contributed by atoms with Crippen molar-refractivity contribution >= 4 is 50.6 Å². The molecule has 0 aliphatic heterocycles. The molecule has 1 aromatic heterocycles. The molecule has 0 unspecified atom stereocenters. The van der Waals surface area contributed by atoms with E-state index >= 15 is 0 Å². The minimum atomic E-state index is -0.617. The van der Waals surface area contributed by atoms with Crippen LogP contribution in [0, 0.1) is 10.1 Å². The summed E-state index contributed by atoms with van der Waals surface area (Å²) in [5.41, 5.74) is -0.100. The first-order valence-electron chi connectivity index (χ1n) is 7.36. The Morgan fingerprint density at radius 2 is 2.04 bits per heavy atom. The van der Waals surface area contributed by atoms with E-state index in [1.165, 1.54) is 29.7 Å². The lowest BCUT2D eigenvalue weighted by molar-refractivity contribution is -0.384. The molecule has 1 heterocycles. The van der Waals surface area contributed by atoms with Crippen molar-refractivity contribution < 1.29 is 9.72 Å². The van der Waals surface area contributed by atoms with Gasteiger partial charge in [-0.3, -0.25) is 14.9 Å². The summed E-state index contributed by atoms with van der Waals surface area (Å²) in [5.74, 6) is 0.377. The molecule has 0 saturated heterocycles. The molecule has 25 heavy (non-hydrogen) atoms. The van der Waals surface area contributed by atoms with Gasteiger partial charge in [-0.1, -0.05) is 23.7 Å². The molecular formula is C16H13ClN4O3S. The number of nitrogens with one attached hydrogen (secondary N) is 2. The van der Waals surface area contributed by atoms with Gasteiger partial charge in [0.15, 0.2) is 0 Å². The van der Waals surface area contributed by atoms with Gasteiger partial charge in [-0.05, 0) is 35.8 Å². The average molecular weight is 377 g/mol. The molecule has 0 fully saturated rings. The molecule has 9 heteroatoms. The lowest BCUT2D eigenvalue weighted by Gasteiger charge is -2.07. The van der Waals surface area contributed by atoms with Crippen molar-refractivity contribution in [3.05, 3.63) is 63.2 Å². The van der Waals surface area contributed by atoms with E-state index in [2.05, 4.69) is 15.0 Å². The smallest absolute Gasteiger partial charge is 0.288 e. The van der Waals surface area contributed by atoms with Crippen LogP contribution in [-0.2, 0) is 0 Å². The molecule has 3 aromatic rings. The first-order chi connectivity index (χ1) is 12.1. The largest absolute Gasteiger partial charge is 0.367 e. The quantitative estimate of drug-likeness (QED) is 0.388. The number of aromatic nitrogens is 1. The number of hydrogen-bond acceptors (Lipinski definition) is 6. The normalized spacial score (nSPS) is 10.6. The highest BCUT2D eigenvalue weighted by atomic mass is 35.5. The summed E-state index contributed by atoms with van der Waals surface area (Å²) >= 11 is 7.14. The number of hydrogen-bond donors (Lipinski definition) is 2. The Labute approximate surface area is 151 Å². The van der Waals surface area contributed by atoms with Gasteiger partial charge in [0.2, 0.25) is 0 Å². The summed E-state index contributed by atoms with van der Waals surface area (Å²) in [4.78, 5) is 22.3. The Hall–Kier alpha value is -2.71. The van der Waals surface area contributed by atoms with Crippen molar-refractivity contribution in [2.75, 3.05) is 18.4 Å². The van der Waals surface area contributed by atoms with Crippen LogP contribution in [0.3, 0.4) is 0 Å². The summed E-state index contributed by atoms with van der Waals surface area (Å²) in [6.07, 6.45) is 0. The van der Waals surface area contributed by atoms with Crippen molar-refractivity contribution in [1.29, 1.82) is 0 Å². The molecule has 0 radical (unpaired) electrons. The van der Waals surface area contributed by atoms with Gasteiger partial charge < -0.3 is 10.6 Å². The second kappa shape index (κ2) is 7.45. The Balaban J connectivity index is 1.56. The fraction of sp³-hybridized carbons (Fsp3) is 0.125. The topological polar surface area (TPSA) is 97.2 Å². The van der Waals surface area contributed by atoms with Crippen molar-refractivity contribution in [2.45, 2.75) is 0 Å². The fourth-order valence-corrected chi connectivity index (χ4v) is 3.21. The number of nitro benzene ring substituents is 1. The van der Waals surface area contributed by atoms with Gasteiger partial charge >= 0.3 is 0 Å². The third-order valence-corrected chi connectivity index (χ3v) is 4.63. The van der Waals surface area contributed by atoms with Gasteiger partial charge in [0, 0.05) is 30.1 Å². The van der Waals surface area contributed by atoms with E-state index in [1.54, 1.807) is 0 Å². The zero-order valence-electron chi connectivity index (χ0n) is 12.9. The Morgan fingerprint density at radius 3 is 2.84 bits per heavy atom. The van der Waals surface area contributed by atoms with Crippen LogP contribution in [0.5, 0.6) is 0 Å². The number of halogens is 1.